The summed E-state index contributed by atoms with van der Waals surface area (Å²) >= 11 is 0. The molecule has 0 radical (unpaired) electrons. The van der Waals surface area contributed by atoms with Crippen LogP contribution in [0.4, 0.5) is 0 Å². The second kappa shape index (κ2) is 6.18. The number of likely N-dealkylation sites (tertiary alicyclic amines) is 1. The van der Waals surface area contributed by atoms with Gasteiger partial charge in [0.25, 0.3) is 5.56 Å². The van der Waals surface area contributed by atoms with E-state index < -0.39 is 0 Å². The van der Waals surface area contributed by atoms with E-state index in [1.165, 1.54) is 0 Å². The molecule has 1 aliphatic rings. The molecule has 1 fully saturated rings. The minimum atomic E-state index is 0.0165. The van der Waals surface area contributed by atoms with E-state index in [9.17, 15) is 4.79 Å². The zero-order valence-electron chi connectivity index (χ0n) is 12.3. The van der Waals surface area contributed by atoms with Gasteiger partial charge in [-0.3, -0.25) is 14.3 Å². The Hall–Kier alpha value is -2.01. The lowest BCUT2D eigenvalue weighted by Crippen LogP contribution is -2.33. The highest BCUT2D eigenvalue weighted by Crippen LogP contribution is 2.18. The third-order valence-corrected chi connectivity index (χ3v) is 4.13. The third-order valence-electron chi connectivity index (χ3n) is 4.13. The van der Waals surface area contributed by atoms with Crippen molar-refractivity contribution in [2.75, 3.05) is 20.1 Å². The number of piperidine rings is 1. The summed E-state index contributed by atoms with van der Waals surface area (Å²) in [5.41, 5.74) is 1.58. The first-order chi connectivity index (χ1) is 10.2. The standard InChI is InChI=1S/C16H20N4O/c1-19-7-4-13(5-8-19)11-20-12-18-15(9-16(20)21)14-3-2-6-17-10-14/h2-3,6,9-10,12-13H,4-5,7-8,11H2,1H3. The highest BCUT2D eigenvalue weighted by molar-refractivity contribution is 5.56. The van der Waals surface area contributed by atoms with Crippen LogP contribution in [0.2, 0.25) is 0 Å². The summed E-state index contributed by atoms with van der Waals surface area (Å²) in [5.74, 6) is 0.574. The second-order valence-corrected chi connectivity index (χ2v) is 5.75. The Morgan fingerprint density at radius 2 is 2.14 bits per heavy atom. The van der Waals surface area contributed by atoms with Crippen molar-refractivity contribution in [2.24, 2.45) is 5.92 Å². The van der Waals surface area contributed by atoms with Gasteiger partial charge in [-0.05, 0) is 51.0 Å². The zero-order chi connectivity index (χ0) is 14.7. The summed E-state index contributed by atoms with van der Waals surface area (Å²) in [6, 6.07) is 5.36. The van der Waals surface area contributed by atoms with Gasteiger partial charge in [-0.15, -0.1) is 0 Å². The Balaban J connectivity index is 1.75. The maximum atomic E-state index is 12.2. The topological polar surface area (TPSA) is 51.0 Å². The SMILES string of the molecule is CN1CCC(Cn2cnc(-c3cccnc3)cc2=O)CC1. The maximum absolute atomic E-state index is 12.2. The van der Waals surface area contributed by atoms with Gasteiger partial charge >= 0.3 is 0 Å². The van der Waals surface area contributed by atoms with Crippen molar-refractivity contribution in [3.8, 4) is 11.3 Å². The molecule has 0 saturated carbocycles. The molecule has 1 saturated heterocycles. The van der Waals surface area contributed by atoms with Gasteiger partial charge in [0, 0.05) is 30.6 Å². The molecule has 0 bridgehead atoms. The van der Waals surface area contributed by atoms with Crippen molar-refractivity contribution >= 4 is 0 Å². The van der Waals surface area contributed by atoms with Crippen LogP contribution >= 0.6 is 0 Å². The lowest BCUT2D eigenvalue weighted by atomic mass is 9.97. The van der Waals surface area contributed by atoms with E-state index in [2.05, 4.69) is 21.9 Å². The number of nitrogens with zero attached hydrogens (tertiary/aromatic N) is 4. The molecule has 0 aromatic carbocycles. The summed E-state index contributed by atoms with van der Waals surface area (Å²) in [4.78, 5) is 23.0. The Kier molecular flexibility index (Phi) is 4.10. The first kappa shape index (κ1) is 13.9. The van der Waals surface area contributed by atoms with Crippen LogP contribution < -0.4 is 5.56 Å². The number of aromatic nitrogens is 3. The molecule has 0 amide bonds. The average molecular weight is 284 g/mol. The first-order valence-corrected chi connectivity index (χ1v) is 7.38. The molecular weight excluding hydrogens is 264 g/mol. The molecular formula is C16H20N4O. The van der Waals surface area contributed by atoms with E-state index in [0.29, 0.717) is 11.6 Å². The predicted molar refractivity (Wildman–Crippen MR) is 81.9 cm³/mol. The lowest BCUT2D eigenvalue weighted by molar-refractivity contribution is 0.204. The molecule has 0 N–H and O–H groups in total. The Morgan fingerprint density at radius 1 is 1.33 bits per heavy atom. The highest BCUT2D eigenvalue weighted by atomic mass is 16.1. The Bertz CT molecular complexity index is 645. The van der Waals surface area contributed by atoms with Crippen LogP contribution in [-0.4, -0.2) is 39.6 Å². The summed E-state index contributed by atoms with van der Waals surface area (Å²) in [7, 11) is 2.15. The minimum absolute atomic E-state index is 0.0165. The maximum Gasteiger partial charge on any atom is 0.253 e. The van der Waals surface area contributed by atoms with Crippen LogP contribution in [0.25, 0.3) is 11.3 Å². The van der Waals surface area contributed by atoms with Crippen molar-refractivity contribution in [2.45, 2.75) is 19.4 Å². The van der Waals surface area contributed by atoms with Crippen molar-refractivity contribution in [1.29, 1.82) is 0 Å². The predicted octanol–water partition coefficient (Wildman–Crippen LogP) is 1.65. The average Bonchev–Trinajstić information content (AvgIpc) is 2.52. The largest absolute Gasteiger partial charge is 0.306 e. The van der Waals surface area contributed by atoms with Crippen LogP contribution in [0, 0.1) is 5.92 Å². The van der Waals surface area contributed by atoms with Gasteiger partial charge in [-0.1, -0.05) is 0 Å². The van der Waals surface area contributed by atoms with E-state index in [1.54, 1.807) is 29.4 Å². The van der Waals surface area contributed by atoms with Gasteiger partial charge in [0.05, 0.1) is 12.0 Å². The Labute approximate surface area is 124 Å². The van der Waals surface area contributed by atoms with Gasteiger partial charge in [-0.25, -0.2) is 4.98 Å². The second-order valence-electron chi connectivity index (χ2n) is 5.75. The van der Waals surface area contributed by atoms with Crippen LogP contribution in [0.15, 0.2) is 41.7 Å². The minimum Gasteiger partial charge on any atom is -0.306 e. The van der Waals surface area contributed by atoms with Crippen molar-refractivity contribution in [1.82, 2.24) is 19.4 Å². The van der Waals surface area contributed by atoms with Crippen LogP contribution in [0.3, 0.4) is 0 Å². The quantitative estimate of drug-likeness (QED) is 0.860. The molecule has 2 aromatic heterocycles. The van der Waals surface area contributed by atoms with Crippen molar-refractivity contribution in [3.05, 3.63) is 47.3 Å². The molecule has 0 atom stereocenters. The van der Waals surface area contributed by atoms with Gasteiger partial charge < -0.3 is 4.90 Å². The van der Waals surface area contributed by atoms with Gasteiger partial charge in [-0.2, -0.15) is 0 Å². The van der Waals surface area contributed by atoms with Gasteiger partial charge in [0.15, 0.2) is 0 Å². The molecule has 2 aromatic rings. The first-order valence-electron chi connectivity index (χ1n) is 7.38. The molecule has 0 spiro atoms. The molecule has 3 rings (SSSR count). The van der Waals surface area contributed by atoms with E-state index in [-0.39, 0.29) is 5.56 Å². The molecule has 0 aliphatic carbocycles. The summed E-state index contributed by atoms with van der Waals surface area (Å²) in [6.45, 7) is 2.99. The molecule has 5 heteroatoms. The van der Waals surface area contributed by atoms with E-state index >= 15 is 0 Å². The number of rotatable bonds is 3. The normalized spacial score (nSPS) is 17.0. The monoisotopic (exact) mass is 284 g/mol. The number of hydrogen-bond donors (Lipinski definition) is 0. The molecule has 3 heterocycles. The summed E-state index contributed by atoms with van der Waals surface area (Å²) < 4.78 is 1.73. The molecule has 0 unspecified atom stereocenters. The third kappa shape index (κ3) is 3.36. The highest BCUT2D eigenvalue weighted by Gasteiger charge is 2.17. The number of pyridine rings is 1. The van der Waals surface area contributed by atoms with Crippen LogP contribution in [0.5, 0.6) is 0 Å². The fraction of sp³-hybridized carbons (Fsp3) is 0.438. The Morgan fingerprint density at radius 3 is 2.81 bits per heavy atom. The molecule has 5 nitrogen and oxygen atoms in total. The number of hydrogen-bond acceptors (Lipinski definition) is 4. The lowest BCUT2D eigenvalue weighted by Gasteiger charge is -2.29. The summed E-state index contributed by atoms with van der Waals surface area (Å²) in [5, 5.41) is 0. The molecule has 21 heavy (non-hydrogen) atoms. The van der Waals surface area contributed by atoms with Crippen molar-refractivity contribution < 1.29 is 0 Å². The van der Waals surface area contributed by atoms with Crippen molar-refractivity contribution in [3.63, 3.8) is 0 Å². The fourth-order valence-corrected chi connectivity index (χ4v) is 2.76. The zero-order valence-corrected chi connectivity index (χ0v) is 12.3. The van der Waals surface area contributed by atoms with E-state index in [4.69, 9.17) is 0 Å². The van der Waals surface area contributed by atoms with E-state index in [0.717, 1.165) is 38.0 Å². The molecule has 1 aliphatic heterocycles. The summed E-state index contributed by atoms with van der Waals surface area (Å²) in [6.07, 6.45) is 7.40. The fourth-order valence-electron chi connectivity index (χ4n) is 2.76. The molecule has 110 valence electrons. The smallest absolute Gasteiger partial charge is 0.253 e. The van der Waals surface area contributed by atoms with Crippen LogP contribution in [-0.2, 0) is 6.54 Å². The van der Waals surface area contributed by atoms with Gasteiger partial charge in [0.1, 0.15) is 0 Å². The van der Waals surface area contributed by atoms with E-state index in [1.807, 2.05) is 12.1 Å². The van der Waals surface area contributed by atoms with Crippen LogP contribution in [0.1, 0.15) is 12.8 Å². The van der Waals surface area contributed by atoms with Gasteiger partial charge in [0.2, 0.25) is 0 Å².